The second-order valence-corrected chi connectivity index (χ2v) is 2.01. The molecule has 11 heavy (non-hydrogen) atoms. The van der Waals surface area contributed by atoms with Crippen molar-refractivity contribution in [3.05, 3.63) is 0 Å². The minimum Gasteiger partial charge on any atom is -0.352 e. The summed E-state index contributed by atoms with van der Waals surface area (Å²) in [5, 5.41) is 1.70. The molecule has 0 aromatic carbocycles. The Bertz CT molecular complexity index is 138. The van der Waals surface area contributed by atoms with Crippen molar-refractivity contribution in [3.63, 3.8) is 0 Å². The third kappa shape index (κ3) is 7.34. The van der Waals surface area contributed by atoms with Crippen LogP contribution in [-0.2, 0) is 4.84 Å². The van der Waals surface area contributed by atoms with Crippen LogP contribution in [0, 0.1) is 0 Å². The van der Waals surface area contributed by atoms with Gasteiger partial charge in [-0.1, -0.05) is 0 Å². The highest BCUT2D eigenvalue weighted by atomic mass is 32.1. The fourth-order valence-corrected chi connectivity index (χ4v) is 0.465. The summed E-state index contributed by atoms with van der Waals surface area (Å²) in [6.45, 7) is -1.16. The third-order valence-corrected chi connectivity index (χ3v) is 0.872. The van der Waals surface area contributed by atoms with Crippen LogP contribution in [-0.4, -0.2) is 24.9 Å². The maximum Gasteiger partial charge on any atom is 0.405 e. The molecule has 0 saturated heterocycles. The average Bonchev–Trinajstić information content (AvgIpc) is 1.83. The van der Waals surface area contributed by atoms with E-state index in [0.29, 0.717) is 0 Å². The maximum atomic E-state index is 11.5. The first-order chi connectivity index (χ1) is 4.95. The lowest BCUT2D eigenvalue weighted by Crippen LogP contribution is -2.40. The lowest BCUT2D eigenvalue weighted by atomic mass is 10.6. The zero-order chi connectivity index (χ0) is 8.91. The van der Waals surface area contributed by atoms with Crippen molar-refractivity contribution >= 4 is 17.3 Å². The van der Waals surface area contributed by atoms with Crippen LogP contribution in [0.4, 0.5) is 13.2 Å². The molecule has 0 bridgehead atoms. The number of nitrogens with one attached hydrogen (secondary N) is 2. The largest absolute Gasteiger partial charge is 0.405 e. The van der Waals surface area contributed by atoms with E-state index in [9.17, 15) is 13.2 Å². The van der Waals surface area contributed by atoms with Gasteiger partial charge in [-0.2, -0.15) is 13.2 Å². The van der Waals surface area contributed by atoms with Crippen LogP contribution in [0.1, 0.15) is 0 Å². The minimum absolute atomic E-state index is 0.190. The number of rotatable bonds is 2. The molecular formula is C4H7F3N2OS. The van der Waals surface area contributed by atoms with Crippen molar-refractivity contribution in [2.45, 2.75) is 6.18 Å². The molecule has 0 aromatic rings. The summed E-state index contributed by atoms with van der Waals surface area (Å²) in [6.07, 6.45) is -4.26. The van der Waals surface area contributed by atoms with E-state index in [-0.39, 0.29) is 5.11 Å². The van der Waals surface area contributed by atoms with Crippen LogP contribution in [0.5, 0.6) is 0 Å². The van der Waals surface area contributed by atoms with Gasteiger partial charge in [0.05, 0.1) is 7.11 Å². The average molecular weight is 188 g/mol. The molecule has 0 aliphatic rings. The Labute approximate surface area is 66.9 Å². The van der Waals surface area contributed by atoms with Gasteiger partial charge in [-0.05, 0) is 12.2 Å². The number of halogens is 3. The Hall–Kier alpha value is -0.560. The fraction of sp³-hybridized carbons (Fsp3) is 0.750. The lowest BCUT2D eigenvalue weighted by molar-refractivity contribution is -0.122. The van der Waals surface area contributed by atoms with E-state index in [1.807, 2.05) is 10.8 Å². The normalized spacial score (nSPS) is 10.9. The smallest absolute Gasteiger partial charge is 0.352 e. The van der Waals surface area contributed by atoms with Crippen LogP contribution in [0.2, 0.25) is 0 Å². The number of hydroxylamine groups is 1. The van der Waals surface area contributed by atoms with Gasteiger partial charge in [-0.25, -0.2) is 5.48 Å². The summed E-state index contributed by atoms with van der Waals surface area (Å²) in [6, 6.07) is 0. The van der Waals surface area contributed by atoms with Gasteiger partial charge in [0.1, 0.15) is 6.54 Å². The van der Waals surface area contributed by atoms with Gasteiger partial charge in [0.2, 0.25) is 0 Å². The molecule has 0 amide bonds. The molecule has 0 aliphatic heterocycles. The van der Waals surface area contributed by atoms with E-state index < -0.39 is 12.7 Å². The van der Waals surface area contributed by atoms with Gasteiger partial charge in [-0.3, -0.25) is 4.84 Å². The van der Waals surface area contributed by atoms with Crippen molar-refractivity contribution in [2.24, 2.45) is 0 Å². The molecule has 0 fully saturated rings. The van der Waals surface area contributed by atoms with Crippen molar-refractivity contribution in [2.75, 3.05) is 13.7 Å². The van der Waals surface area contributed by atoms with Crippen molar-refractivity contribution < 1.29 is 18.0 Å². The molecule has 2 N–H and O–H groups in total. The highest BCUT2D eigenvalue weighted by molar-refractivity contribution is 7.80. The molecule has 0 saturated carbocycles. The third-order valence-electron chi connectivity index (χ3n) is 0.644. The van der Waals surface area contributed by atoms with Gasteiger partial charge in [0, 0.05) is 0 Å². The molecule has 3 nitrogen and oxygen atoms in total. The number of hydrogen-bond donors (Lipinski definition) is 2. The Morgan fingerprint density at radius 1 is 1.55 bits per heavy atom. The first kappa shape index (κ1) is 10.4. The van der Waals surface area contributed by atoms with Crippen LogP contribution < -0.4 is 10.8 Å². The predicted octanol–water partition coefficient (Wildman–Crippen LogP) is 0.574. The molecule has 7 heteroatoms. The fourth-order valence-electron chi connectivity index (χ4n) is 0.309. The maximum absolute atomic E-state index is 11.5. The predicted molar refractivity (Wildman–Crippen MR) is 36.8 cm³/mol. The van der Waals surface area contributed by atoms with E-state index in [2.05, 4.69) is 17.1 Å². The summed E-state index contributed by atoms with van der Waals surface area (Å²) >= 11 is 4.37. The van der Waals surface area contributed by atoms with E-state index in [0.717, 1.165) is 0 Å². The molecule has 0 aromatic heterocycles. The number of alkyl halides is 3. The summed E-state index contributed by atoms with van der Waals surface area (Å²) in [5.74, 6) is 0. The van der Waals surface area contributed by atoms with E-state index in [1.54, 1.807) is 0 Å². The van der Waals surface area contributed by atoms with Crippen molar-refractivity contribution in [3.8, 4) is 0 Å². The van der Waals surface area contributed by atoms with Crippen LogP contribution in [0.25, 0.3) is 0 Å². The van der Waals surface area contributed by atoms with Crippen LogP contribution >= 0.6 is 12.2 Å². The Morgan fingerprint density at radius 2 is 2.09 bits per heavy atom. The second-order valence-electron chi connectivity index (χ2n) is 1.60. The van der Waals surface area contributed by atoms with Gasteiger partial charge >= 0.3 is 6.18 Å². The highest BCUT2D eigenvalue weighted by Gasteiger charge is 2.26. The van der Waals surface area contributed by atoms with Crippen LogP contribution in [0.15, 0.2) is 0 Å². The molecule has 0 rings (SSSR count). The molecule has 0 atom stereocenters. The molecule has 0 heterocycles. The SMILES string of the molecule is CONC(=S)NCC(F)(F)F. The molecule has 66 valence electrons. The van der Waals surface area contributed by atoms with E-state index in [4.69, 9.17) is 0 Å². The van der Waals surface area contributed by atoms with Gasteiger partial charge in [-0.15, -0.1) is 0 Å². The second kappa shape index (κ2) is 4.35. The number of hydrogen-bond acceptors (Lipinski definition) is 2. The molecule has 0 spiro atoms. The van der Waals surface area contributed by atoms with Crippen molar-refractivity contribution in [1.82, 2.24) is 10.8 Å². The lowest BCUT2D eigenvalue weighted by Gasteiger charge is -2.09. The molecule has 0 radical (unpaired) electrons. The van der Waals surface area contributed by atoms with E-state index in [1.165, 1.54) is 7.11 Å². The standard InChI is InChI=1S/C4H7F3N2OS/c1-10-9-3(11)8-2-4(5,6)7/h2H2,1H3,(H2,8,9,11). The highest BCUT2D eigenvalue weighted by Crippen LogP contribution is 2.11. The minimum atomic E-state index is -4.26. The first-order valence-electron chi connectivity index (χ1n) is 2.59. The van der Waals surface area contributed by atoms with E-state index >= 15 is 0 Å². The Morgan fingerprint density at radius 3 is 2.45 bits per heavy atom. The summed E-state index contributed by atoms with van der Waals surface area (Å²) in [5.41, 5.74) is 2.04. The first-order valence-corrected chi connectivity index (χ1v) is 3.00. The Kier molecular flexibility index (Phi) is 4.12. The quantitative estimate of drug-likeness (QED) is 0.490. The molecular weight excluding hydrogens is 181 g/mol. The van der Waals surface area contributed by atoms with Gasteiger partial charge < -0.3 is 5.32 Å². The summed E-state index contributed by atoms with van der Waals surface area (Å²) in [7, 11) is 1.25. The van der Waals surface area contributed by atoms with Crippen molar-refractivity contribution in [1.29, 1.82) is 0 Å². The molecule has 0 unspecified atom stereocenters. The van der Waals surface area contributed by atoms with Crippen LogP contribution in [0.3, 0.4) is 0 Å². The zero-order valence-corrected chi connectivity index (χ0v) is 6.47. The number of thiocarbonyl (C=S) groups is 1. The van der Waals surface area contributed by atoms with Gasteiger partial charge in [0.15, 0.2) is 5.11 Å². The monoisotopic (exact) mass is 188 g/mol. The van der Waals surface area contributed by atoms with Gasteiger partial charge in [0.25, 0.3) is 0 Å². The Balaban J connectivity index is 3.46. The summed E-state index contributed by atoms with van der Waals surface area (Å²) < 4.78 is 34.4. The molecule has 0 aliphatic carbocycles. The summed E-state index contributed by atoms with van der Waals surface area (Å²) in [4.78, 5) is 4.25. The zero-order valence-electron chi connectivity index (χ0n) is 5.66. The topological polar surface area (TPSA) is 33.3 Å².